The molecule has 0 fully saturated rings. The molecule has 2 aromatic rings. The lowest BCUT2D eigenvalue weighted by Crippen LogP contribution is -1.88. The van der Waals surface area contributed by atoms with E-state index in [0.29, 0.717) is 21.5 Å². The molecule has 2 N–H and O–H groups in total. The zero-order valence-electron chi connectivity index (χ0n) is 9.21. The molecule has 0 saturated carbocycles. The van der Waals surface area contributed by atoms with Gasteiger partial charge in [-0.25, -0.2) is 0 Å². The molecular formula is C13H11Cl2NO. The highest BCUT2D eigenvalue weighted by atomic mass is 35.5. The van der Waals surface area contributed by atoms with E-state index in [1.165, 1.54) is 0 Å². The van der Waals surface area contributed by atoms with Gasteiger partial charge in [-0.15, -0.1) is 0 Å². The van der Waals surface area contributed by atoms with Crippen molar-refractivity contribution in [3.05, 3.63) is 46.4 Å². The maximum Gasteiger partial charge on any atom is 0.138 e. The predicted octanol–water partition coefficient (Wildman–Crippen LogP) is 4.25. The van der Waals surface area contributed by atoms with Gasteiger partial charge in [0, 0.05) is 17.3 Å². The summed E-state index contributed by atoms with van der Waals surface area (Å²) in [5.41, 5.74) is 8.19. The molecule has 0 heterocycles. The van der Waals surface area contributed by atoms with Crippen molar-refractivity contribution in [3.63, 3.8) is 0 Å². The molecule has 2 aromatic carbocycles. The second-order valence-corrected chi connectivity index (χ2v) is 4.41. The van der Waals surface area contributed by atoms with E-state index in [1.54, 1.807) is 19.2 Å². The van der Waals surface area contributed by atoms with Crippen LogP contribution in [0.5, 0.6) is 5.75 Å². The third-order valence-corrected chi connectivity index (χ3v) is 3.05. The lowest BCUT2D eigenvalue weighted by Gasteiger charge is -2.09. The smallest absolute Gasteiger partial charge is 0.138 e. The number of anilines is 1. The molecule has 0 radical (unpaired) electrons. The number of methoxy groups -OCH3 is 1. The summed E-state index contributed by atoms with van der Waals surface area (Å²) in [4.78, 5) is 0. The van der Waals surface area contributed by atoms with Crippen LogP contribution in [0.25, 0.3) is 11.1 Å². The predicted molar refractivity (Wildman–Crippen MR) is 72.9 cm³/mol. The van der Waals surface area contributed by atoms with E-state index in [-0.39, 0.29) is 0 Å². The van der Waals surface area contributed by atoms with Crippen LogP contribution in [0.1, 0.15) is 0 Å². The first-order valence-corrected chi connectivity index (χ1v) is 5.76. The van der Waals surface area contributed by atoms with Gasteiger partial charge in [0.25, 0.3) is 0 Å². The van der Waals surface area contributed by atoms with Gasteiger partial charge < -0.3 is 10.5 Å². The number of nitrogens with two attached hydrogens (primary N) is 1. The van der Waals surface area contributed by atoms with Gasteiger partial charge in [-0.2, -0.15) is 0 Å². The van der Waals surface area contributed by atoms with Gasteiger partial charge in [0.2, 0.25) is 0 Å². The number of halogens is 2. The Morgan fingerprint density at radius 1 is 1.06 bits per heavy atom. The van der Waals surface area contributed by atoms with Crippen LogP contribution in [-0.4, -0.2) is 7.11 Å². The molecule has 2 nitrogen and oxygen atoms in total. The lowest BCUT2D eigenvalue weighted by atomic mass is 10.0. The van der Waals surface area contributed by atoms with Gasteiger partial charge in [0.05, 0.1) is 17.2 Å². The molecule has 0 aromatic heterocycles. The maximum absolute atomic E-state index is 6.19. The Kier molecular flexibility index (Phi) is 3.46. The Morgan fingerprint density at radius 2 is 1.82 bits per heavy atom. The summed E-state index contributed by atoms with van der Waals surface area (Å²) in [6.07, 6.45) is 0. The van der Waals surface area contributed by atoms with E-state index >= 15 is 0 Å². The minimum Gasteiger partial charge on any atom is -0.495 e. The summed E-state index contributed by atoms with van der Waals surface area (Å²) in [5, 5.41) is 1.10. The average Bonchev–Trinajstić information content (AvgIpc) is 2.31. The highest BCUT2D eigenvalue weighted by Crippen LogP contribution is 2.36. The van der Waals surface area contributed by atoms with Gasteiger partial charge in [0.15, 0.2) is 0 Å². The average molecular weight is 268 g/mol. The molecule has 0 spiro atoms. The fourth-order valence-electron chi connectivity index (χ4n) is 1.61. The second-order valence-electron chi connectivity index (χ2n) is 3.59. The topological polar surface area (TPSA) is 35.2 Å². The van der Waals surface area contributed by atoms with Gasteiger partial charge in [0.1, 0.15) is 5.75 Å². The molecule has 0 aliphatic rings. The quantitative estimate of drug-likeness (QED) is 0.826. The summed E-state index contributed by atoms with van der Waals surface area (Å²) in [6, 6.07) is 11.0. The summed E-state index contributed by atoms with van der Waals surface area (Å²) < 4.78 is 5.10. The van der Waals surface area contributed by atoms with E-state index in [1.807, 2.05) is 24.3 Å². The number of hydrogen-bond donors (Lipinski definition) is 1. The van der Waals surface area contributed by atoms with Crippen LogP contribution in [0.2, 0.25) is 10.0 Å². The largest absolute Gasteiger partial charge is 0.495 e. The molecule has 0 bridgehead atoms. The van der Waals surface area contributed by atoms with Crippen LogP contribution in [0, 0.1) is 0 Å². The molecule has 88 valence electrons. The normalized spacial score (nSPS) is 10.3. The molecule has 0 atom stereocenters. The molecule has 17 heavy (non-hydrogen) atoms. The third-order valence-electron chi connectivity index (χ3n) is 2.44. The molecule has 0 amide bonds. The standard InChI is InChI=1S/C13H11Cl2NO/c1-17-13-7-11(14)10(6-12(13)15)8-3-2-4-9(16)5-8/h2-7H,16H2,1H3. The third kappa shape index (κ3) is 2.48. The Balaban J connectivity index is 2.56. The van der Waals surface area contributed by atoms with Gasteiger partial charge >= 0.3 is 0 Å². The molecular weight excluding hydrogens is 257 g/mol. The van der Waals surface area contributed by atoms with Gasteiger partial charge in [-0.3, -0.25) is 0 Å². The first-order valence-electron chi connectivity index (χ1n) is 5.01. The molecule has 4 heteroatoms. The Morgan fingerprint density at radius 3 is 2.47 bits per heavy atom. The Labute approximate surface area is 110 Å². The first-order chi connectivity index (χ1) is 8.11. The number of benzene rings is 2. The zero-order chi connectivity index (χ0) is 12.4. The first kappa shape index (κ1) is 12.1. The summed E-state index contributed by atoms with van der Waals surface area (Å²) >= 11 is 12.3. The van der Waals surface area contributed by atoms with Crippen molar-refractivity contribution in [3.8, 4) is 16.9 Å². The maximum atomic E-state index is 6.19. The van der Waals surface area contributed by atoms with Crippen molar-refractivity contribution in [2.75, 3.05) is 12.8 Å². The van der Waals surface area contributed by atoms with Gasteiger partial charge in [-0.05, 0) is 23.8 Å². The summed E-state index contributed by atoms with van der Waals surface area (Å²) in [6.45, 7) is 0. The highest BCUT2D eigenvalue weighted by molar-refractivity contribution is 6.36. The van der Waals surface area contributed by atoms with E-state index in [4.69, 9.17) is 33.7 Å². The van der Waals surface area contributed by atoms with Crippen LogP contribution in [0.15, 0.2) is 36.4 Å². The number of ether oxygens (including phenoxy) is 1. The Bertz CT molecular complexity index is 555. The molecule has 0 aliphatic carbocycles. The van der Waals surface area contributed by atoms with E-state index in [0.717, 1.165) is 11.1 Å². The fourth-order valence-corrected chi connectivity index (χ4v) is 2.12. The van der Waals surface area contributed by atoms with Crippen LogP contribution in [-0.2, 0) is 0 Å². The molecule has 2 rings (SSSR count). The minimum atomic E-state index is 0.523. The Hall–Kier alpha value is -1.38. The molecule has 0 aliphatic heterocycles. The monoisotopic (exact) mass is 267 g/mol. The van der Waals surface area contributed by atoms with Crippen LogP contribution >= 0.6 is 23.2 Å². The summed E-state index contributed by atoms with van der Waals surface area (Å²) in [7, 11) is 1.55. The van der Waals surface area contributed by atoms with Crippen molar-refractivity contribution < 1.29 is 4.74 Å². The second kappa shape index (κ2) is 4.86. The highest BCUT2D eigenvalue weighted by Gasteiger charge is 2.09. The van der Waals surface area contributed by atoms with E-state index in [9.17, 15) is 0 Å². The van der Waals surface area contributed by atoms with Crippen molar-refractivity contribution >= 4 is 28.9 Å². The van der Waals surface area contributed by atoms with E-state index in [2.05, 4.69) is 0 Å². The van der Waals surface area contributed by atoms with Gasteiger partial charge in [-0.1, -0.05) is 35.3 Å². The van der Waals surface area contributed by atoms with Crippen LogP contribution < -0.4 is 10.5 Å². The SMILES string of the molecule is COc1cc(Cl)c(-c2cccc(N)c2)cc1Cl. The molecule has 0 saturated heterocycles. The van der Waals surface area contributed by atoms with Crippen LogP contribution in [0.4, 0.5) is 5.69 Å². The number of nitrogen functional groups attached to an aromatic ring is 1. The van der Waals surface area contributed by atoms with Crippen LogP contribution in [0.3, 0.4) is 0 Å². The minimum absolute atomic E-state index is 0.523. The zero-order valence-corrected chi connectivity index (χ0v) is 10.7. The molecule has 0 unspecified atom stereocenters. The van der Waals surface area contributed by atoms with Crippen molar-refractivity contribution in [1.82, 2.24) is 0 Å². The van der Waals surface area contributed by atoms with Crippen molar-refractivity contribution in [2.45, 2.75) is 0 Å². The summed E-state index contributed by atoms with van der Waals surface area (Å²) in [5.74, 6) is 0.560. The van der Waals surface area contributed by atoms with Crippen molar-refractivity contribution in [2.24, 2.45) is 0 Å². The number of rotatable bonds is 2. The number of hydrogen-bond acceptors (Lipinski definition) is 2. The fraction of sp³-hybridized carbons (Fsp3) is 0.0769. The van der Waals surface area contributed by atoms with Crippen molar-refractivity contribution in [1.29, 1.82) is 0 Å². The lowest BCUT2D eigenvalue weighted by molar-refractivity contribution is 0.415. The van der Waals surface area contributed by atoms with E-state index < -0.39 is 0 Å².